The molecule has 7 heteroatoms. The summed E-state index contributed by atoms with van der Waals surface area (Å²) >= 11 is 0. The molecule has 0 aliphatic heterocycles. The van der Waals surface area contributed by atoms with Crippen LogP contribution in [-0.2, 0) is 10.1 Å². The summed E-state index contributed by atoms with van der Waals surface area (Å²) in [6.45, 7) is 0. The number of benzene rings is 3. The maximum Gasteiger partial charge on any atom is 0.339 e. The van der Waals surface area contributed by atoms with Gasteiger partial charge in [0.05, 0.1) is 12.7 Å². The Morgan fingerprint density at radius 2 is 1.32 bits per heavy atom. The van der Waals surface area contributed by atoms with Gasteiger partial charge in [0.1, 0.15) is 10.6 Å². The van der Waals surface area contributed by atoms with Crippen molar-refractivity contribution in [2.75, 3.05) is 7.11 Å². The van der Waals surface area contributed by atoms with Gasteiger partial charge >= 0.3 is 10.1 Å². The van der Waals surface area contributed by atoms with Crippen LogP contribution in [0.1, 0.15) is 31.8 Å². The van der Waals surface area contributed by atoms with Gasteiger partial charge in [0.25, 0.3) is 0 Å². The number of fused-ring (bicyclic) bond motifs is 2. The molecule has 0 saturated carbocycles. The summed E-state index contributed by atoms with van der Waals surface area (Å²) in [5.74, 6) is -0.488. The van der Waals surface area contributed by atoms with Crippen molar-refractivity contribution in [2.24, 2.45) is 0 Å². The van der Waals surface area contributed by atoms with Crippen molar-refractivity contribution in [1.29, 1.82) is 0 Å². The lowest BCUT2D eigenvalue weighted by Gasteiger charge is -2.19. The number of methoxy groups -OCH3 is 1. The Morgan fingerprint density at radius 1 is 0.714 bits per heavy atom. The molecule has 28 heavy (non-hydrogen) atoms. The van der Waals surface area contributed by atoms with Gasteiger partial charge in [0.2, 0.25) is 0 Å². The van der Waals surface area contributed by atoms with E-state index in [4.69, 9.17) is 8.92 Å². The Bertz CT molecular complexity index is 1210. The minimum atomic E-state index is -4.21. The Hall–Kier alpha value is -3.45. The number of hydrogen-bond acceptors (Lipinski definition) is 6. The molecule has 1 aliphatic rings. The number of carbonyl (C=O) groups excluding carboxylic acids is 2. The Labute approximate surface area is 161 Å². The molecule has 0 bridgehead atoms. The zero-order valence-electron chi connectivity index (χ0n) is 14.7. The molecule has 3 aromatic rings. The van der Waals surface area contributed by atoms with E-state index in [0.29, 0.717) is 5.75 Å². The molecule has 6 nitrogen and oxygen atoms in total. The normalized spacial score (nSPS) is 12.9. The quantitative estimate of drug-likeness (QED) is 0.494. The third-order valence-electron chi connectivity index (χ3n) is 4.46. The highest BCUT2D eigenvalue weighted by molar-refractivity contribution is 7.87. The first-order valence-electron chi connectivity index (χ1n) is 8.32. The van der Waals surface area contributed by atoms with Crippen molar-refractivity contribution >= 4 is 21.7 Å². The van der Waals surface area contributed by atoms with Gasteiger partial charge < -0.3 is 8.92 Å². The number of carbonyl (C=O) groups is 2. The molecule has 4 rings (SSSR count). The van der Waals surface area contributed by atoms with E-state index in [1.807, 2.05) is 0 Å². The van der Waals surface area contributed by atoms with Crippen LogP contribution in [0.5, 0.6) is 11.5 Å². The summed E-state index contributed by atoms with van der Waals surface area (Å²) in [7, 11) is -2.74. The maximum absolute atomic E-state index is 12.9. The van der Waals surface area contributed by atoms with Crippen LogP contribution in [-0.4, -0.2) is 27.1 Å². The highest BCUT2D eigenvalue weighted by Gasteiger charge is 2.33. The monoisotopic (exact) mass is 394 g/mol. The molecule has 0 fully saturated rings. The van der Waals surface area contributed by atoms with Gasteiger partial charge in [-0.1, -0.05) is 36.4 Å². The van der Waals surface area contributed by atoms with Crippen LogP contribution in [0, 0.1) is 0 Å². The number of ether oxygens (including phenoxy) is 1. The van der Waals surface area contributed by atoms with E-state index < -0.39 is 15.9 Å². The molecule has 0 atom stereocenters. The maximum atomic E-state index is 12.9. The van der Waals surface area contributed by atoms with E-state index in [1.54, 1.807) is 18.2 Å². The second kappa shape index (κ2) is 6.61. The molecule has 0 heterocycles. The zero-order valence-corrected chi connectivity index (χ0v) is 15.5. The molecule has 0 spiro atoms. The van der Waals surface area contributed by atoms with Crippen molar-refractivity contribution in [3.63, 3.8) is 0 Å². The van der Waals surface area contributed by atoms with E-state index in [2.05, 4.69) is 0 Å². The SMILES string of the molecule is COc1ccc(S(=O)(=O)Oc2cccc3c2C(=O)c2ccccc2C3=O)cc1. The summed E-state index contributed by atoms with van der Waals surface area (Å²) in [4.78, 5) is 25.6. The Morgan fingerprint density at radius 3 is 1.96 bits per heavy atom. The number of ketones is 2. The van der Waals surface area contributed by atoms with Gasteiger partial charge in [-0.15, -0.1) is 0 Å². The van der Waals surface area contributed by atoms with Gasteiger partial charge in [0.15, 0.2) is 17.3 Å². The van der Waals surface area contributed by atoms with Crippen LogP contribution < -0.4 is 8.92 Å². The lowest BCUT2D eigenvalue weighted by atomic mass is 9.84. The Balaban J connectivity index is 1.78. The van der Waals surface area contributed by atoms with Crippen LogP contribution >= 0.6 is 0 Å². The summed E-state index contributed by atoms with van der Waals surface area (Å²) in [6.07, 6.45) is 0. The first-order valence-corrected chi connectivity index (χ1v) is 9.73. The molecule has 0 aromatic heterocycles. The number of hydrogen-bond donors (Lipinski definition) is 0. The minimum Gasteiger partial charge on any atom is -0.497 e. The average molecular weight is 394 g/mol. The predicted molar refractivity (Wildman–Crippen MR) is 101 cm³/mol. The molecular formula is C21H14O6S. The highest BCUT2D eigenvalue weighted by Crippen LogP contribution is 2.34. The van der Waals surface area contributed by atoms with E-state index in [1.165, 1.54) is 55.6 Å². The fourth-order valence-electron chi connectivity index (χ4n) is 3.09. The predicted octanol–water partition coefficient (Wildman–Crippen LogP) is 3.24. The van der Waals surface area contributed by atoms with Gasteiger partial charge in [-0.05, 0) is 30.3 Å². The minimum absolute atomic E-state index is 0.0525. The van der Waals surface area contributed by atoms with Gasteiger partial charge in [-0.2, -0.15) is 8.42 Å². The first kappa shape index (κ1) is 17.9. The highest BCUT2D eigenvalue weighted by atomic mass is 32.2. The summed E-state index contributed by atoms with van der Waals surface area (Å²) in [5.41, 5.74) is 0.572. The smallest absolute Gasteiger partial charge is 0.339 e. The summed E-state index contributed by atoms with van der Waals surface area (Å²) in [6, 6.07) is 16.4. The third-order valence-corrected chi connectivity index (χ3v) is 5.71. The Kier molecular flexibility index (Phi) is 4.24. The van der Waals surface area contributed by atoms with Crippen molar-refractivity contribution in [3.8, 4) is 11.5 Å². The van der Waals surface area contributed by atoms with E-state index >= 15 is 0 Å². The standard InChI is InChI=1S/C21H14O6S/c1-26-13-9-11-14(12-10-13)28(24,25)27-18-8-4-7-17-19(18)21(23)16-6-3-2-5-15(16)20(17)22/h2-12H,1H3. The van der Waals surface area contributed by atoms with Crippen LogP contribution in [0.15, 0.2) is 71.6 Å². The lowest BCUT2D eigenvalue weighted by molar-refractivity contribution is 0.0977. The summed E-state index contributed by atoms with van der Waals surface area (Å²) < 4.78 is 35.6. The molecule has 0 saturated heterocycles. The fourth-order valence-corrected chi connectivity index (χ4v) is 4.03. The van der Waals surface area contributed by atoms with Crippen molar-refractivity contribution in [1.82, 2.24) is 0 Å². The number of rotatable bonds is 4. The molecular weight excluding hydrogens is 380 g/mol. The van der Waals surface area contributed by atoms with E-state index in [0.717, 1.165) is 0 Å². The molecule has 0 radical (unpaired) electrons. The van der Waals surface area contributed by atoms with Crippen LogP contribution in [0.4, 0.5) is 0 Å². The van der Waals surface area contributed by atoms with Crippen molar-refractivity contribution in [3.05, 3.63) is 89.0 Å². The fraction of sp³-hybridized carbons (Fsp3) is 0.0476. The van der Waals surface area contributed by atoms with E-state index in [9.17, 15) is 18.0 Å². The van der Waals surface area contributed by atoms with Crippen LogP contribution in [0.3, 0.4) is 0 Å². The largest absolute Gasteiger partial charge is 0.497 e. The van der Waals surface area contributed by atoms with Gasteiger partial charge in [-0.3, -0.25) is 9.59 Å². The molecule has 1 aliphatic carbocycles. The lowest BCUT2D eigenvalue weighted by Crippen LogP contribution is -2.22. The van der Waals surface area contributed by atoms with Crippen molar-refractivity contribution in [2.45, 2.75) is 4.90 Å². The van der Waals surface area contributed by atoms with Crippen molar-refractivity contribution < 1.29 is 26.9 Å². The zero-order chi connectivity index (χ0) is 19.9. The molecule has 3 aromatic carbocycles. The molecule has 0 amide bonds. The van der Waals surface area contributed by atoms with Gasteiger partial charge in [-0.25, -0.2) is 0 Å². The van der Waals surface area contributed by atoms with E-state index in [-0.39, 0.29) is 38.7 Å². The third kappa shape index (κ3) is 2.86. The average Bonchev–Trinajstić information content (AvgIpc) is 2.71. The second-order valence-corrected chi connectivity index (χ2v) is 7.64. The topological polar surface area (TPSA) is 86.7 Å². The molecule has 140 valence electrons. The molecule has 0 unspecified atom stereocenters. The first-order chi connectivity index (χ1) is 13.4. The van der Waals surface area contributed by atoms with Crippen LogP contribution in [0.2, 0.25) is 0 Å². The van der Waals surface area contributed by atoms with Crippen LogP contribution in [0.25, 0.3) is 0 Å². The van der Waals surface area contributed by atoms with Gasteiger partial charge in [0, 0.05) is 16.7 Å². The molecule has 0 N–H and O–H groups in total. The summed E-state index contributed by atoms with van der Waals surface area (Å²) in [5, 5.41) is 0. The second-order valence-electron chi connectivity index (χ2n) is 6.10.